The van der Waals surface area contributed by atoms with Crippen LogP contribution < -0.4 is 4.78 Å². The zero-order chi connectivity index (χ0) is 16.9. The van der Waals surface area contributed by atoms with E-state index >= 15 is 0 Å². The summed E-state index contributed by atoms with van der Waals surface area (Å²) in [6, 6.07) is 4.44. The van der Waals surface area contributed by atoms with E-state index in [2.05, 4.69) is 46.8 Å². The van der Waals surface area contributed by atoms with Crippen LogP contribution in [0.25, 0.3) is 0 Å². The van der Waals surface area contributed by atoms with Gasteiger partial charge < -0.3 is 9.31 Å². The standard InChI is InChI=1S/C19H33BO2S/c1-6-7-8-9-10-11-12-13-16-14-15-17(23-16)20-21-18(2,3)19(4,5)22-20/h14-15H,6-13H2,1-5H3. The molecular weight excluding hydrogens is 303 g/mol. The zero-order valence-corrected chi connectivity index (χ0v) is 16.4. The van der Waals surface area contributed by atoms with Crippen LogP contribution in [0.1, 0.15) is 84.4 Å². The second-order valence-electron chi connectivity index (χ2n) is 7.76. The van der Waals surface area contributed by atoms with Gasteiger partial charge in [0.1, 0.15) is 0 Å². The van der Waals surface area contributed by atoms with Crippen molar-refractivity contribution in [3.8, 4) is 0 Å². The third-order valence-corrected chi connectivity index (χ3v) is 6.36. The molecule has 0 saturated carbocycles. The van der Waals surface area contributed by atoms with Crippen molar-refractivity contribution in [2.24, 2.45) is 0 Å². The van der Waals surface area contributed by atoms with Crippen LogP contribution in [0.2, 0.25) is 0 Å². The number of thiophene rings is 1. The highest BCUT2D eigenvalue weighted by molar-refractivity contribution is 7.22. The lowest BCUT2D eigenvalue weighted by Gasteiger charge is -2.32. The molecule has 0 amide bonds. The lowest BCUT2D eigenvalue weighted by molar-refractivity contribution is 0.00578. The number of hydrogen-bond acceptors (Lipinski definition) is 3. The molecule has 0 aromatic carbocycles. The van der Waals surface area contributed by atoms with Gasteiger partial charge in [0.05, 0.1) is 11.2 Å². The summed E-state index contributed by atoms with van der Waals surface area (Å²) < 4.78 is 13.5. The number of aryl methyl sites for hydroxylation is 1. The molecule has 1 fully saturated rings. The highest BCUT2D eigenvalue weighted by Crippen LogP contribution is 2.37. The van der Waals surface area contributed by atoms with Crippen LogP contribution >= 0.6 is 11.3 Å². The maximum absolute atomic E-state index is 6.13. The van der Waals surface area contributed by atoms with Gasteiger partial charge in [-0.15, -0.1) is 11.3 Å². The van der Waals surface area contributed by atoms with Gasteiger partial charge in [-0.2, -0.15) is 0 Å². The summed E-state index contributed by atoms with van der Waals surface area (Å²) in [7, 11) is -0.201. The first-order valence-electron chi connectivity index (χ1n) is 9.30. The van der Waals surface area contributed by atoms with Crippen molar-refractivity contribution >= 4 is 23.2 Å². The van der Waals surface area contributed by atoms with Gasteiger partial charge in [-0.05, 0) is 46.6 Å². The molecular formula is C19H33BO2S. The molecule has 1 aromatic rings. The van der Waals surface area contributed by atoms with Gasteiger partial charge >= 0.3 is 7.12 Å². The average Bonchev–Trinajstić information content (AvgIpc) is 3.01. The van der Waals surface area contributed by atoms with Crippen molar-refractivity contribution in [2.75, 3.05) is 0 Å². The summed E-state index contributed by atoms with van der Waals surface area (Å²) in [6.07, 6.45) is 10.8. The van der Waals surface area contributed by atoms with E-state index in [0.717, 1.165) is 0 Å². The maximum atomic E-state index is 6.13. The average molecular weight is 336 g/mol. The molecule has 1 aliphatic heterocycles. The summed E-state index contributed by atoms with van der Waals surface area (Å²) in [5.74, 6) is 0. The summed E-state index contributed by atoms with van der Waals surface area (Å²) >= 11 is 1.85. The Bertz CT molecular complexity index is 465. The molecule has 0 radical (unpaired) electrons. The van der Waals surface area contributed by atoms with Crippen molar-refractivity contribution in [3.63, 3.8) is 0 Å². The minimum atomic E-state index is -0.250. The first-order chi connectivity index (χ1) is 10.9. The van der Waals surface area contributed by atoms with E-state index in [1.54, 1.807) is 0 Å². The second kappa shape index (κ2) is 8.18. The topological polar surface area (TPSA) is 18.5 Å². The molecule has 130 valence electrons. The molecule has 0 aliphatic carbocycles. The predicted octanol–water partition coefficient (Wildman–Crippen LogP) is 5.34. The van der Waals surface area contributed by atoms with Crippen LogP contribution in [0.5, 0.6) is 0 Å². The largest absolute Gasteiger partial charge is 0.505 e. The Labute approximate surface area is 147 Å². The third kappa shape index (κ3) is 5.08. The van der Waals surface area contributed by atoms with Crippen LogP contribution in [0.15, 0.2) is 12.1 Å². The first-order valence-corrected chi connectivity index (χ1v) is 10.1. The van der Waals surface area contributed by atoms with Crippen LogP contribution in [-0.2, 0) is 15.7 Å². The Morgan fingerprint density at radius 3 is 2.04 bits per heavy atom. The van der Waals surface area contributed by atoms with E-state index in [-0.39, 0.29) is 18.3 Å². The number of hydrogen-bond donors (Lipinski definition) is 0. The van der Waals surface area contributed by atoms with Crippen molar-refractivity contribution < 1.29 is 9.31 Å². The molecule has 0 bridgehead atoms. The van der Waals surface area contributed by atoms with Gasteiger partial charge in [-0.25, -0.2) is 0 Å². The first kappa shape index (κ1) is 19.0. The number of rotatable bonds is 9. The Kier molecular flexibility index (Phi) is 6.76. The Morgan fingerprint density at radius 1 is 0.870 bits per heavy atom. The Balaban J connectivity index is 1.74. The van der Waals surface area contributed by atoms with Crippen LogP contribution in [0.4, 0.5) is 0 Å². The molecule has 0 spiro atoms. The highest BCUT2D eigenvalue weighted by atomic mass is 32.1. The monoisotopic (exact) mass is 336 g/mol. The molecule has 4 heteroatoms. The van der Waals surface area contributed by atoms with Crippen molar-refractivity contribution in [1.29, 1.82) is 0 Å². The minimum absolute atomic E-state index is 0.201. The van der Waals surface area contributed by atoms with Gasteiger partial charge in [0.25, 0.3) is 0 Å². The van der Waals surface area contributed by atoms with Gasteiger partial charge in [0, 0.05) is 9.65 Å². The molecule has 0 unspecified atom stereocenters. The van der Waals surface area contributed by atoms with E-state index in [0.29, 0.717) is 0 Å². The smallest absolute Gasteiger partial charge is 0.399 e. The predicted molar refractivity (Wildman–Crippen MR) is 102 cm³/mol. The fourth-order valence-corrected chi connectivity index (χ4v) is 3.88. The summed E-state index contributed by atoms with van der Waals surface area (Å²) in [5, 5.41) is 0. The summed E-state index contributed by atoms with van der Waals surface area (Å²) in [4.78, 5) is 1.46. The van der Waals surface area contributed by atoms with Crippen molar-refractivity contribution in [1.82, 2.24) is 0 Å². The zero-order valence-electron chi connectivity index (χ0n) is 15.6. The highest BCUT2D eigenvalue weighted by Gasteiger charge is 2.52. The normalized spacial score (nSPS) is 19.4. The van der Waals surface area contributed by atoms with E-state index < -0.39 is 0 Å². The Morgan fingerprint density at radius 2 is 1.43 bits per heavy atom. The minimum Gasteiger partial charge on any atom is -0.399 e. The lowest BCUT2D eigenvalue weighted by Crippen LogP contribution is -2.41. The second-order valence-corrected chi connectivity index (χ2v) is 8.96. The van der Waals surface area contributed by atoms with Crippen LogP contribution in [0, 0.1) is 0 Å². The van der Waals surface area contributed by atoms with Crippen molar-refractivity contribution in [2.45, 2.75) is 97.2 Å². The number of unbranched alkanes of at least 4 members (excludes halogenated alkanes) is 6. The molecule has 1 aromatic heterocycles. The van der Waals surface area contributed by atoms with Gasteiger partial charge in [-0.3, -0.25) is 0 Å². The Hall–Kier alpha value is -0.315. The van der Waals surface area contributed by atoms with Gasteiger partial charge in [-0.1, -0.05) is 51.5 Å². The van der Waals surface area contributed by atoms with Gasteiger partial charge in [0.15, 0.2) is 0 Å². The third-order valence-electron chi connectivity index (χ3n) is 5.19. The summed E-state index contributed by atoms with van der Waals surface area (Å²) in [6.45, 7) is 10.7. The molecule has 23 heavy (non-hydrogen) atoms. The van der Waals surface area contributed by atoms with E-state index in [4.69, 9.17) is 9.31 Å². The lowest BCUT2D eigenvalue weighted by atomic mass is 9.88. The molecule has 0 N–H and O–H groups in total. The fourth-order valence-electron chi connectivity index (χ4n) is 2.87. The SMILES string of the molecule is CCCCCCCCCc1ccc(B2OC(C)(C)C(C)(C)O2)s1. The van der Waals surface area contributed by atoms with E-state index in [1.165, 1.54) is 61.0 Å². The summed E-state index contributed by atoms with van der Waals surface area (Å²) in [5.41, 5.74) is -0.499. The van der Waals surface area contributed by atoms with Crippen LogP contribution in [0.3, 0.4) is 0 Å². The quantitative estimate of drug-likeness (QED) is 0.448. The maximum Gasteiger partial charge on any atom is 0.505 e. The molecule has 2 rings (SSSR count). The van der Waals surface area contributed by atoms with Crippen LogP contribution in [-0.4, -0.2) is 18.3 Å². The molecule has 2 heterocycles. The molecule has 0 atom stereocenters. The molecule has 1 aliphatic rings. The van der Waals surface area contributed by atoms with E-state index in [1.807, 2.05) is 11.3 Å². The van der Waals surface area contributed by atoms with E-state index in [9.17, 15) is 0 Å². The fraction of sp³-hybridized carbons (Fsp3) is 0.789. The van der Waals surface area contributed by atoms with Crippen molar-refractivity contribution in [3.05, 3.63) is 17.0 Å². The van der Waals surface area contributed by atoms with Gasteiger partial charge in [0.2, 0.25) is 0 Å². The molecule has 2 nitrogen and oxygen atoms in total. The molecule has 1 saturated heterocycles.